The maximum Gasteiger partial charge on any atom is 0.410 e. The van der Waals surface area contributed by atoms with Gasteiger partial charge in [-0.1, -0.05) is 31.2 Å². The molecule has 1 aliphatic heterocycles. The average molecular weight is 620 g/mol. The number of hydrogen-bond donors (Lipinski definition) is 1. The molecule has 1 aliphatic rings. The number of sulfonamides is 1. The van der Waals surface area contributed by atoms with Crippen LogP contribution < -0.4 is 4.72 Å². The first-order chi connectivity index (χ1) is 20.9. The Bertz CT molecular complexity index is 1710. The van der Waals surface area contributed by atoms with Gasteiger partial charge in [0.05, 0.1) is 17.1 Å². The van der Waals surface area contributed by atoms with E-state index < -0.39 is 21.4 Å². The summed E-state index contributed by atoms with van der Waals surface area (Å²) >= 11 is 0. The zero-order chi connectivity index (χ0) is 31.5. The first-order valence-electron chi connectivity index (χ1n) is 14.8. The largest absolute Gasteiger partial charge is 0.444 e. The fraction of sp³-hybridized carbons (Fsp3) is 0.364. The van der Waals surface area contributed by atoms with Gasteiger partial charge in [0.25, 0.3) is 0 Å². The van der Waals surface area contributed by atoms with Gasteiger partial charge < -0.3 is 9.64 Å². The summed E-state index contributed by atoms with van der Waals surface area (Å²) in [5.74, 6) is -0.456. The van der Waals surface area contributed by atoms with Gasteiger partial charge in [0.2, 0.25) is 10.0 Å². The number of rotatable bonds is 8. The minimum atomic E-state index is -3.68. The van der Waals surface area contributed by atoms with E-state index in [1.165, 1.54) is 11.6 Å². The zero-order valence-corrected chi connectivity index (χ0v) is 26.3. The number of ether oxygens (including phenoxy) is 1. The molecule has 3 heterocycles. The topological polar surface area (TPSA) is 106 Å². The number of benzene rings is 2. The highest BCUT2D eigenvalue weighted by Gasteiger charge is 2.28. The summed E-state index contributed by atoms with van der Waals surface area (Å²) in [5.41, 5.74) is 3.38. The first kappa shape index (κ1) is 31.2. The smallest absolute Gasteiger partial charge is 0.410 e. The molecule has 11 heteroatoms. The Morgan fingerprint density at radius 1 is 1.02 bits per heavy atom. The highest BCUT2D eigenvalue weighted by Crippen LogP contribution is 2.36. The molecule has 2 aromatic heterocycles. The van der Waals surface area contributed by atoms with Crippen LogP contribution in [0.1, 0.15) is 58.4 Å². The van der Waals surface area contributed by atoms with Gasteiger partial charge in [-0.3, -0.25) is 9.71 Å². The summed E-state index contributed by atoms with van der Waals surface area (Å²) < 4.78 is 50.2. The minimum absolute atomic E-state index is 0.101. The number of carbonyl (C=O) groups excluding carboxylic acids is 1. The fourth-order valence-electron chi connectivity index (χ4n) is 5.35. The molecule has 0 unspecified atom stereocenters. The van der Waals surface area contributed by atoms with E-state index in [9.17, 15) is 13.2 Å². The van der Waals surface area contributed by atoms with Crippen molar-refractivity contribution in [3.63, 3.8) is 0 Å². The monoisotopic (exact) mass is 619 g/mol. The molecule has 1 amide bonds. The quantitative estimate of drug-likeness (QED) is 0.228. The van der Waals surface area contributed by atoms with Crippen LogP contribution in [-0.4, -0.2) is 58.6 Å². The molecule has 9 nitrogen and oxygen atoms in total. The molecule has 232 valence electrons. The van der Waals surface area contributed by atoms with Crippen LogP contribution in [0, 0.1) is 5.82 Å². The predicted octanol–water partition coefficient (Wildman–Crippen LogP) is 7.01. The molecule has 4 aromatic rings. The highest BCUT2D eigenvalue weighted by atomic mass is 32.2. The standard InChI is InChI=1S/C33H38FN5O4S/c1-5-21-44(41,42)37-29-8-6-7-27(30(29)34)28-22-39(36-31(28)25-13-17-35-18-14-25)26-11-9-23(10-12-26)24-15-19-38(20-16-24)32(40)43-33(2,3)4/h6-14,17-18,22,24,37H,5,15-16,19-21H2,1-4H3. The lowest BCUT2D eigenvalue weighted by Gasteiger charge is -2.33. The Morgan fingerprint density at radius 3 is 2.34 bits per heavy atom. The maximum absolute atomic E-state index is 15.8. The number of nitrogens with one attached hydrogen (secondary N) is 1. The van der Waals surface area contributed by atoms with Crippen molar-refractivity contribution < 1.29 is 22.3 Å². The van der Waals surface area contributed by atoms with Crippen LogP contribution in [0.4, 0.5) is 14.9 Å². The van der Waals surface area contributed by atoms with Crippen molar-refractivity contribution in [3.8, 4) is 28.1 Å². The molecule has 1 N–H and O–H groups in total. The second-order valence-corrected chi connectivity index (χ2v) is 13.8. The van der Waals surface area contributed by atoms with Crippen LogP contribution in [-0.2, 0) is 14.8 Å². The van der Waals surface area contributed by atoms with Crippen molar-refractivity contribution in [2.75, 3.05) is 23.6 Å². The molecule has 2 aromatic carbocycles. The Balaban J connectivity index is 1.41. The number of amides is 1. The van der Waals surface area contributed by atoms with Gasteiger partial charge in [-0.15, -0.1) is 0 Å². The number of piperidine rings is 1. The second-order valence-electron chi connectivity index (χ2n) is 12.0. The summed E-state index contributed by atoms with van der Waals surface area (Å²) in [4.78, 5) is 18.3. The van der Waals surface area contributed by atoms with Gasteiger partial charge in [0.15, 0.2) is 5.82 Å². The van der Waals surface area contributed by atoms with Gasteiger partial charge in [0.1, 0.15) is 11.3 Å². The summed E-state index contributed by atoms with van der Waals surface area (Å²) in [7, 11) is -3.68. The van der Waals surface area contributed by atoms with Crippen LogP contribution in [0.15, 0.2) is 73.2 Å². The predicted molar refractivity (Wildman–Crippen MR) is 170 cm³/mol. The van der Waals surface area contributed by atoms with E-state index in [0.717, 1.165) is 24.1 Å². The molecule has 0 saturated carbocycles. The molecular weight excluding hydrogens is 581 g/mol. The SMILES string of the molecule is CCCS(=O)(=O)Nc1cccc(-c2cn(-c3ccc(C4CCN(C(=O)OC(C)(C)C)CC4)cc3)nc2-c2ccncc2)c1F. The van der Waals surface area contributed by atoms with E-state index >= 15 is 4.39 Å². The van der Waals surface area contributed by atoms with Crippen LogP contribution in [0.3, 0.4) is 0 Å². The highest BCUT2D eigenvalue weighted by molar-refractivity contribution is 7.92. The van der Waals surface area contributed by atoms with Crippen LogP contribution in [0.2, 0.25) is 0 Å². The minimum Gasteiger partial charge on any atom is -0.444 e. The Kier molecular flexibility index (Phi) is 9.05. The zero-order valence-electron chi connectivity index (χ0n) is 25.5. The van der Waals surface area contributed by atoms with Crippen molar-refractivity contribution >= 4 is 21.8 Å². The molecule has 1 fully saturated rings. The van der Waals surface area contributed by atoms with Crippen molar-refractivity contribution in [3.05, 3.63) is 84.6 Å². The normalized spacial score (nSPS) is 14.4. The third kappa shape index (κ3) is 7.27. The van der Waals surface area contributed by atoms with E-state index in [1.54, 1.807) is 59.4 Å². The lowest BCUT2D eigenvalue weighted by molar-refractivity contribution is 0.0205. The maximum atomic E-state index is 15.8. The van der Waals surface area contributed by atoms with Gasteiger partial charge in [-0.05, 0) is 81.8 Å². The van der Waals surface area contributed by atoms with E-state index in [0.29, 0.717) is 36.7 Å². The first-order valence-corrected chi connectivity index (χ1v) is 16.5. The molecule has 5 rings (SSSR count). The van der Waals surface area contributed by atoms with E-state index in [2.05, 4.69) is 21.8 Å². The lowest BCUT2D eigenvalue weighted by Crippen LogP contribution is -2.41. The summed E-state index contributed by atoms with van der Waals surface area (Å²) in [5, 5.41) is 4.83. The van der Waals surface area contributed by atoms with Crippen molar-refractivity contribution in [1.82, 2.24) is 19.7 Å². The molecule has 44 heavy (non-hydrogen) atoms. The number of hydrogen-bond acceptors (Lipinski definition) is 6. The fourth-order valence-corrected chi connectivity index (χ4v) is 6.49. The number of aromatic nitrogens is 3. The number of likely N-dealkylation sites (tertiary alicyclic amines) is 1. The van der Waals surface area contributed by atoms with Crippen molar-refractivity contribution in [2.24, 2.45) is 0 Å². The molecular formula is C33H38FN5O4S. The third-order valence-electron chi connectivity index (χ3n) is 7.47. The third-order valence-corrected chi connectivity index (χ3v) is 8.95. The molecule has 0 aliphatic carbocycles. The average Bonchev–Trinajstić information content (AvgIpc) is 3.43. The van der Waals surface area contributed by atoms with Gasteiger partial charge in [-0.2, -0.15) is 5.10 Å². The number of anilines is 1. The summed E-state index contributed by atoms with van der Waals surface area (Å²) in [6.07, 6.45) is 6.88. The molecule has 0 bridgehead atoms. The van der Waals surface area contributed by atoms with Crippen LogP contribution >= 0.6 is 0 Å². The van der Waals surface area contributed by atoms with Crippen molar-refractivity contribution in [2.45, 2.75) is 58.5 Å². The molecule has 0 atom stereocenters. The molecule has 1 saturated heterocycles. The number of halogens is 1. The number of nitrogens with zero attached hydrogens (tertiary/aromatic N) is 4. The molecule has 0 radical (unpaired) electrons. The molecule has 0 spiro atoms. The Hall–Kier alpha value is -4.25. The summed E-state index contributed by atoms with van der Waals surface area (Å²) in [6, 6.07) is 16.4. The number of pyridine rings is 1. The second kappa shape index (κ2) is 12.8. The van der Waals surface area contributed by atoms with Gasteiger partial charge >= 0.3 is 6.09 Å². The van der Waals surface area contributed by atoms with Crippen molar-refractivity contribution in [1.29, 1.82) is 0 Å². The van der Waals surface area contributed by atoms with E-state index in [4.69, 9.17) is 9.84 Å². The van der Waals surface area contributed by atoms with E-state index in [1.807, 2.05) is 32.9 Å². The van der Waals surface area contributed by atoms with Crippen LogP contribution in [0.25, 0.3) is 28.1 Å². The van der Waals surface area contributed by atoms with Gasteiger partial charge in [0, 0.05) is 48.4 Å². The Morgan fingerprint density at radius 2 is 1.70 bits per heavy atom. The van der Waals surface area contributed by atoms with Crippen LogP contribution in [0.5, 0.6) is 0 Å². The van der Waals surface area contributed by atoms with Gasteiger partial charge in [-0.25, -0.2) is 22.3 Å². The Labute approximate surface area is 258 Å². The lowest BCUT2D eigenvalue weighted by atomic mass is 9.89. The summed E-state index contributed by atoms with van der Waals surface area (Å²) in [6.45, 7) is 8.63. The number of carbonyl (C=O) groups is 1. The van der Waals surface area contributed by atoms with E-state index in [-0.39, 0.29) is 23.1 Å².